The molecule has 0 spiro atoms. The van der Waals surface area contributed by atoms with Crippen molar-refractivity contribution >= 4 is 22.4 Å². The van der Waals surface area contributed by atoms with E-state index in [1.807, 2.05) is 48.5 Å². The largest absolute Gasteiger partial charge is 0.325 e. The van der Waals surface area contributed by atoms with Crippen LogP contribution in [0.1, 0.15) is 39.7 Å². The van der Waals surface area contributed by atoms with Gasteiger partial charge in [-0.2, -0.15) is 0 Å². The third-order valence-electron chi connectivity index (χ3n) is 4.80. The number of hydrogen-bond acceptors (Lipinski definition) is 1. The van der Waals surface area contributed by atoms with E-state index in [-0.39, 0.29) is 11.3 Å². The second kappa shape index (κ2) is 6.95. The van der Waals surface area contributed by atoms with Crippen molar-refractivity contribution in [1.82, 2.24) is 0 Å². The number of hydrogen-bond donors (Lipinski definition) is 1. The van der Waals surface area contributed by atoms with Gasteiger partial charge in [-0.25, -0.2) is 0 Å². The van der Waals surface area contributed by atoms with E-state index in [4.69, 9.17) is 0 Å². The second-order valence-corrected chi connectivity index (χ2v) is 8.42. The van der Waals surface area contributed by atoms with Gasteiger partial charge in [-0.05, 0) is 47.2 Å². The predicted octanol–water partition coefficient (Wildman–Crippen LogP) is 6.17. The van der Waals surface area contributed by atoms with E-state index in [1.165, 1.54) is 0 Å². The summed E-state index contributed by atoms with van der Waals surface area (Å²) in [4.78, 5) is 13.4. The number of rotatable bonds is 4. The Bertz CT molecular complexity index is 903. The Kier molecular flexibility index (Phi) is 4.86. The molecule has 0 aliphatic carbocycles. The molecule has 3 aromatic carbocycles. The monoisotopic (exact) mass is 345 g/mol. The SMILES string of the molecule is CC(C)(C)C[C@@](C)(C(=O)Nc1ccccc1)c1cccc2ccccc12. The van der Waals surface area contributed by atoms with Crippen LogP contribution in [0.3, 0.4) is 0 Å². The average Bonchev–Trinajstić information content (AvgIpc) is 2.60. The molecular weight excluding hydrogens is 318 g/mol. The highest BCUT2D eigenvalue weighted by molar-refractivity contribution is 6.02. The number of anilines is 1. The smallest absolute Gasteiger partial charge is 0.234 e. The molecule has 2 heteroatoms. The molecule has 0 aromatic heterocycles. The minimum absolute atomic E-state index is 0.0136. The molecule has 3 rings (SSSR count). The quantitative estimate of drug-likeness (QED) is 0.601. The fourth-order valence-electron chi connectivity index (χ4n) is 3.86. The van der Waals surface area contributed by atoms with Crippen LogP contribution in [-0.2, 0) is 10.2 Å². The lowest BCUT2D eigenvalue weighted by Crippen LogP contribution is -2.41. The number of nitrogens with one attached hydrogen (secondary N) is 1. The first kappa shape index (κ1) is 18.2. The van der Waals surface area contributed by atoms with Gasteiger partial charge in [-0.1, -0.05) is 81.4 Å². The van der Waals surface area contributed by atoms with Crippen molar-refractivity contribution in [3.05, 3.63) is 78.4 Å². The summed E-state index contributed by atoms with van der Waals surface area (Å²) in [5, 5.41) is 5.44. The molecular formula is C24H27NO. The maximum absolute atomic E-state index is 13.4. The Balaban J connectivity index is 2.10. The van der Waals surface area contributed by atoms with Crippen LogP contribution >= 0.6 is 0 Å². The van der Waals surface area contributed by atoms with Gasteiger partial charge in [0.15, 0.2) is 0 Å². The van der Waals surface area contributed by atoms with Gasteiger partial charge in [0.2, 0.25) is 5.91 Å². The maximum Gasteiger partial charge on any atom is 0.234 e. The topological polar surface area (TPSA) is 29.1 Å². The molecule has 0 saturated carbocycles. The Hall–Kier alpha value is -2.61. The molecule has 134 valence electrons. The Morgan fingerprint density at radius 1 is 0.808 bits per heavy atom. The van der Waals surface area contributed by atoms with Gasteiger partial charge in [0.25, 0.3) is 0 Å². The Morgan fingerprint density at radius 2 is 1.42 bits per heavy atom. The van der Waals surface area contributed by atoms with Crippen LogP contribution in [0.5, 0.6) is 0 Å². The predicted molar refractivity (Wildman–Crippen MR) is 110 cm³/mol. The van der Waals surface area contributed by atoms with E-state index in [2.05, 4.69) is 57.3 Å². The number of amides is 1. The second-order valence-electron chi connectivity index (χ2n) is 8.42. The lowest BCUT2D eigenvalue weighted by molar-refractivity contribution is -0.122. The summed E-state index contributed by atoms with van der Waals surface area (Å²) in [6, 6.07) is 24.2. The highest BCUT2D eigenvalue weighted by Gasteiger charge is 2.39. The molecule has 1 amide bonds. The molecule has 3 aromatic rings. The van der Waals surface area contributed by atoms with Crippen molar-refractivity contribution in [3.8, 4) is 0 Å². The van der Waals surface area contributed by atoms with Gasteiger partial charge in [0.05, 0.1) is 5.41 Å². The first-order valence-corrected chi connectivity index (χ1v) is 9.14. The van der Waals surface area contributed by atoms with E-state index in [0.29, 0.717) is 0 Å². The number of carbonyl (C=O) groups excluding carboxylic acids is 1. The Morgan fingerprint density at radius 3 is 2.12 bits per heavy atom. The number of para-hydroxylation sites is 1. The Labute approximate surface area is 156 Å². The summed E-state index contributed by atoms with van der Waals surface area (Å²) in [6.07, 6.45) is 0.757. The molecule has 0 saturated heterocycles. The zero-order valence-electron chi connectivity index (χ0n) is 16.0. The molecule has 0 radical (unpaired) electrons. The molecule has 2 nitrogen and oxygen atoms in total. The van der Waals surface area contributed by atoms with Crippen LogP contribution in [0.4, 0.5) is 5.69 Å². The number of fused-ring (bicyclic) bond motifs is 1. The van der Waals surface area contributed by atoms with E-state index in [9.17, 15) is 4.79 Å². The van der Waals surface area contributed by atoms with Gasteiger partial charge < -0.3 is 5.32 Å². The third-order valence-corrected chi connectivity index (χ3v) is 4.80. The van der Waals surface area contributed by atoms with Gasteiger partial charge in [-0.15, -0.1) is 0 Å². The first-order chi connectivity index (χ1) is 12.3. The fraction of sp³-hybridized carbons (Fsp3) is 0.292. The van der Waals surface area contributed by atoms with Crippen LogP contribution in [0.2, 0.25) is 0 Å². The molecule has 26 heavy (non-hydrogen) atoms. The summed E-state index contributed by atoms with van der Waals surface area (Å²) in [5.41, 5.74) is 1.30. The van der Waals surface area contributed by atoms with Crippen molar-refractivity contribution < 1.29 is 4.79 Å². The van der Waals surface area contributed by atoms with Crippen molar-refractivity contribution in [3.63, 3.8) is 0 Å². The minimum Gasteiger partial charge on any atom is -0.325 e. The molecule has 0 heterocycles. The van der Waals surface area contributed by atoms with Crippen molar-refractivity contribution in [2.24, 2.45) is 5.41 Å². The molecule has 0 aliphatic rings. The van der Waals surface area contributed by atoms with Crippen LogP contribution in [0.15, 0.2) is 72.8 Å². The third kappa shape index (κ3) is 3.80. The molecule has 1 N–H and O–H groups in total. The summed E-state index contributed by atoms with van der Waals surface area (Å²) >= 11 is 0. The zero-order valence-corrected chi connectivity index (χ0v) is 16.0. The standard InChI is InChI=1S/C24H27NO/c1-23(2,3)17-24(4,22(26)25-19-13-6-5-7-14-19)21-16-10-12-18-11-8-9-15-20(18)21/h5-16H,17H2,1-4H3,(H,25,26)/t24-/m1/s1. The highest BCUT2D eigenvalue weighted by Crippen LogP contribution is 2.40. The normalized spacial score (nSPS) is 14.0. The van der Waals surface area contributed by atoms with Crippen LogP contribution in [-0.4, -0.2) is 5.91 Å². The minimum atomic E-state index is -0.630. The van der Waals surface area contributed by atoms with Gasteiger partial charge in [-0.3, -0.25) is 4.79 Å². The number of benzene rings is 3. The molecule has 1 atom stereocenters. The van der Waals surface area contributed by atoms with Crippen molar-refractivity contribution in [2.45, 2.75) is 39.5 Å². The summed E-state index contributed by atoms with van der Waals surface area (Å²) in [6.45, 7) is 8.63. The fourth-order valence-corrected chi connectivity index (χ4v) is 3.86. The maximum atomic E-state index is 13.4. The van der Waals surface area contributed by atoms with E-state index in [0.717, 1.165) is 28.4 Å². The van der Waals surface area contributed by atoms with E-state index in [1.54, 1.807) is 0 Å². The number of carbonyl (C=O) groups is 1. The molecule has 0 aliphatic heterocycles. The van der Waals surface area contributed by atoms with Crippen LogP contribution < -0.4 is 5.32 Å². The van der Waals surface area contributed by atoms with E-state index >= 15 is 0 Å². The summed E-state index contributed by atoms with van der Waals surface area (Å²) in [5.74, 6) is 0.0370. The van der Waals surface area contributed by atoms with Crippen LogP contribution in [0.25, 0.3) is 10.8 Å². The van der Waals surface area contributed by atoms with E-state index < -0.39 is 5.41 Å². The molecule has 0 unspecified atom stereocenters. The molecule has 0 bridgehead atoms. The molecule has 0 fully saturated rings. The lowest BCUT2D eigenvalue weighted by Gasteiger charge is -2.36. The van der Waals surface area contributed by atoms with Gasteiger partial charge >= 0.3 is 0 Å². The van der Waals surface area contributed by atoms with Gasteiger partial charge in [0, 0.05) is 5.69 Å². The lowest BCUT2D eigenvalue weighted by atomic mass is 9.69. The first-order valence-electron chi connectivity index (χ1n) is 9.14. The highest BCUT2D eigenvalue weighted by atomic mass is 16.2. The van der Waals surface area contributed by atoms with Crippen molar-refractivity contribution in [2.75, 3.05) is 5.32 Å². The van der Waals surface area contributed by atoms with Crippen LogP contribution in [0, 0.1) is 5.41 Å². The van der Waals surface area contributed by atoms with Gasteiger partial charge in [0.1, 0.15) is 0 Å². The average molecular weight is 345 g/mol. The zero-order chi connectivity index (χ0) is 18.8. The summed E-state index contributed by atoms with van der Waals surface area (Å²) < 4.78 is 0. The van der Waals surface area contributed by atoms with Crippen molar-refractivity contribution in [1.29, 1.82) is 0 Å². The summed E-state index contributed by atoms with van der Waals surface area (Å²) in [7, 11) is 0.